The van der Waals surface area contributed by atoms with Crippen molar-refractivity contribution in [2.45, 2.75) is 13.5 Å². The molecule has 0 atom stereocenters. The lowest BCUT2D eigenvalue weighted by molar-refractivity contribution is 0.627. The normalized spacial score (nSPS) is 10.9. The largest absolute Gasteiger partial charge is 0.260 e. The molecule has 0 aliphatic heterocycles. The van der Waals surface area contributed by atoms with Gasteiger partial charge in [0.2, 0.25) is 0 Å². The highest BCUT2D eigenvalue weighted by molar-refractivity contribution is 5.68. The minimum absolute atomic E-state index is 0.276. The maximum atomic E-state index is 13.3. The van der Waals surface area contributed by atoms with Crippen LogP contribution in [-0.2, 0) is 6.54 Å². The van der Waals surface area contributed by atoms with Crippen LogP contribution in [-0.4, -0.2) is 9.78 Å². The molecule has 0 aliphatic rings. The number of benzene rings is 3. The summed E-state index contributed by atoms with van der Waals surface area (Å²) < 4.78 is 28.5. The average molecular weight is 360 g/mol. The lowest BCUT2D eigenvalue weighted by Gasteiger charge is -2.08. The van der Waals surface area contributed by atoms with Gasteiger partial charge in [-0.05, 0) is 67.1 Å². The van der Waals surface area contributed by atoms with Crippen LogP contribution in [0.5, 0.6) is 0 Å². The molecule has 0 amide bonds. The van der Waals surface area contributed by atoms with Gasteiger partial charge >= 0.3 is 0 Å². The van der Waals surface area contributed by atoms with Gasteiger partial charge in [-0.3, -0.25) is 4.68 Å². The lowest BCUT2D eigenvalue weighted by atomic mass is 10.1. The molecule has 2 nitrogen and oxygen atoms in total. The molecule has 0 saturated carbocycles. The van der Waals surface area contributed by atoms with Crippen molar-refractivity contribution >= 4 is 0 Å². The minimum atomic E-state index is -0.281. The number of nitrogens with zero attached hydrogens (tertiary/aromatic N) is 2. The van der Waals surface area contributed by atoms with E-state index in [4.69, 9.17) is 5.10 Å². The molecule has 0 N–H and O–H groups in total. The molecule has 0 aliphatic carbocycles. The van der Waals surface area contributed by atoms with Crippen molar-refractivity contribution in [3.8, 4) is 22.5 Å². The van der Waals surface area contributed by atoms with Gasteiger partial charge in [0.1, 0.15) is 11.6 Å². The molecule has 0 fully saturated rings. The zero-order chi connectivity index (χ0) is 18.8. The summed E-state index contributed by atoms with van der Waals surface area (Å²) in [6, 6.07) is 22.8. The monoisotopic (exact) mass is 360 g/mol. The number of aryl methyl sites for hydroxylation is 1. The molecule has 0 unspecified atom stereocenters. The van der Waals surface area contributed by atoms with Gasteiger partial charge in [0, 0.05) is 11.1 Å². The molecule has 3 aromatic carbocycles. The molecule has 1 aromatic heterocycles. The Morgan fingerprint density at radius 2 is 1.41 bits per heavy atom. The van der Waals surface area contributed by atoms with Crippen LogP contribution in [0.15, 0.2) is 78.9 Å². The van der Waals surface area contributed by atoms with Crippen LogP contribution in [0, 0.1) is 18.6 Å². The molecule has 0 spiro atoms. The van der Waals surface area contributed by atoms with Gasteiger partial charge in [-0.15, -0.1) is 0 Å². The van der Waals surface area contributed by atoms with E-state index in [1.54, 1.807) is 24.3 Å². The van der Waals surface area contributed by atoms with Gasteiger partial charge in [-0.2, -0.15) is 5.10 Å². The first-order chi connectivity index (χ1) is 13.1. The first-order valence-electron chi connectivity index (χ1n) is 8.74. The predicted molar refractivity (Wildman–Crippen MR) is 103 cm³/mol. The molecule has 1 heterocycles. The summed E-state index contributed by atoms with van der Waals surface area (Å²) in [6.07, 6.45) is 0. The Kier molecular flexibility index (Phi) is 4.55. The zero-order valence-electron chi connectivity index (χ0n) is 14.9. The van der Waals surface area contributed by atoms with E-state index in [0.29, 0.717) is 6.54 Å². The van der Waals surface area contributed by atoms with Crippen LogP contribution in [0.3, 0.4) is 0 Å². The van der Waals surface area contributed by atoms with Crippen molar-refractivity contribution in [2.75, 3.05) is 0 Å². The smallest absolute Gasteiger partial charge is 0.123 e. The van der Waals surface area contributed by atoms with Crippen molar-refractivity contribution in [1.29, 1.82) is 0 Å². The Morgan fingerprint density at radius 3 is 2.04 bits per heavy atom. The second-order valence-electron chi connectivity index (χ2n) is 6.58. The molecule has 4 heteroatoms. The number of aromatic nitrogens is 2. The van der Waals surface area contributed by atoms with Crippen molar-refractivity contribution < 1.29 is 8.78 Å². The molecule has 4 rings (SSSR count). The third kappa shape index (κ3) is 3.80. The Bertz CT molecular complexity index is 1060. The first-order valence-corrected chi connectivity index (χ1v) is 8.74. The first kappa shape index (κ1) is 17.2. The number of halogens is 2. The Labute approximate surface area is 156 Å². The molecule has 4 aromatic rings. The van der Waals surface area contributed by atoms with Crippen molar-refractivity contribution in [1.82, 2.24) is 9.78 Å². The molecule has 0 saturated heterocycles. The molecule has 27 heavy (non-hydrogen) atoms. The number of rotatable bonds is 4. The minimum Gasteiger partial charge on any atom is -0.260 e. The van der Waals surface area contributed by atoms with Gasteiger partial charge in [-0.25, -0.2) is 8.78 Å². The van der Waals surface area contributed by atoms with E-state index in [2.05, 4.69) is 25.1 Å². The van der Waals surface area contributed by atoms with Gasteiger partial charge < -0.3 is 0 Å². The second-order valence-corrected chi connectivity index (χ2v) is 6.58. The van der Waals surface area contributed by atoms with Gasteiger partial charge in [0.05, 0.1) is 17.9 Å². The standard InChI is InChI=1S/C23H18F2N2/c1-16-3-2-4-17(13-16)15-27-23(19-7-11-21(25)12-8-19)14-22(26-27)18-5-9-20(24)10-6-18/h2-14H,15H2,1H3. The fourth-order valence-electron chi connectivity index (χ4n) is 3.14. The summed E-state index contributed by atoms with van der Waals surface area (Å²) in [7, 11) is 0. The Hall–Kier alpha value is -3.27. The van der Waals surface area contributed by atoms with E-state index in [0.717, 1.165) is 28.1 Å². The van der Waals surface area contributed by atoms with E-state index < -0.39 is 0 Å². The van der Waals surface area contributed by atoms with Crippen LogP contribution < -0.4 is 0 Å². The maximum absolute atomic E-state index is 13.3. The van der Waals surface area contributed by atoms with E-state index in [9.17, 15) is 8.78 Å². The highest BCUT2D eigenvalue weighted by Crippen LogP contribution is 2.27. The Balaban J connectivity index is 1.79. The maximum Gasteiger partial charge on any atom is 0.123 e. The van der Waals surface area contributed by atoms with Crippen LogP contribution in [0.1, 0.15) is 11.1 Å². The topological polar surface area (TPSA) is 17.8 Å². The summed E-state index contributed by atoms with van der Waals surface area (Å²) in [5.41, 5.74) is 5.67. The van der Waals surface area contributed by atoms with Gasteiger partial charge in [0.15, 0.2) is 0 Å². The molecular formula is C23H18F2N2. The molecule has 0 radical (unpaired) electrons. The summed E-state index contributed by atoms with van der Waals surface area (Å²) in [6.45, 7) is 2.65. The summed E-state index contributed by atoms with van der Waals surface area (Å²) in [5.74, 6) is -0.557. The van der Waals surface area contributed by atoms with Crippen LogP contribution in [0.4, 0.5) is 8.78 Å². The quantitative estimate of drug-likeness (QED) is 0.446. The predicted octanol–water partition coefficient (Wildman–Crippen LogP) is 5.85. The fourth-order valence-corrected chi connectivity index (χ4v) is 3.14. The summed E-state index contributed by atoms with van der Waals surface area (Å²) in [5, 5.41) is 4.73. The highest BCUT2D eigenvalue weighted by atomic mass is 19.1. The Morgan fingerprint density at radius 1 is 0.778 bits per heavy atom. The zero-order valence-corrected chi connectivity index (χ0v) is 14.9. The van der Waals surface area contributed by atoms with Crippen molar-refractivity contribution in [2.24, 2.45) is 0 Å². The summed E-state index contributed by atoms with van der Waals surface area (Å²) in [4.78, 5) is 0. The molecule has 0 bridgehead atoms. The fraction of sp³-hybridized carbons (Fsp3) is 0.0870. The third-order valence-electron chi connectivity index (χ3n) is 4.47. The summed E-state index contributed by atoms with van der Waals surface area (Å²) >= 11 is 0. The third-order valence-corrected chi connectivity index (χ3v) is 4.47. The SMILES string of the molecule is Cc1cccc(Cn2nc(-c3ccc(F)cc3)cc2-c2ccc(F)cc2)c1. The van der Waals surface area contributed by atoms with Gasteiger partial charge in [-0.1, -0.05) is 29.8 Å². The second kappa shape index (κ2) is 7.16. The number of hydrogen-bond acceptors (Lipinski definition) is 1. The van der Waals surface area contributed by atoms with Crippen molar-refractivity contribution in [3.63, 3.8) is 0 Å². The molecule has 134 valence electrons. The lowest BCUT2D eigenvalue weighted by Crippen LogP contribution is -2.04. The molecular weight excluding hydrogens is 342 g/mol. The van der Waals surface area contributed by atoms with Crippen LogP contribution in [0.25, 0.3) is 22.5 Å². The highest BCUT2D eigenvalue weighted by Gasteiger charge is 2.12. The average Bonchev–Trinajstić information content (AvgIpc) is 3.07. The van der Waals surface area contributed by atoms with E-state index in [1.165, 1.54) is 29.8 Å². The van der Waals surface area contributed by atoms with E-state index >= 15 is 0 Å². The van der Waals surface area contributed by atoms with E-state index in [1.807, 2.05) is 16.8 Å². The van der Waals surface area contributed by atoms with Gasteiger partial charge in [0.25, 0.3) is 0 Å². The number of hydrogen-bond donors (Lipinski definition) is 0. The van der Waals surface area contributed by atoms with E-state index in [-0.39, 0.29) is 11.6 Å². The van der Waals surface area contributed by atoms with Crippen LogP contribution >= 0.6 is 0 Å². The van der Waals surface area contributed by atoms with Crippen molar-refractivity contribution in [3.05, 3.63) is 102 Å². The van der Waals surface area contributed by atoms with Crippen LogP contribution in [0.2, 0.25) is 0 Å².